The van der Waals surface area contributed by atoms with Crippen LogP contribution in [-0.2, 0) is 14.3 Å². The van der Waals surface area contributed by atoms with Crippen LogP contribution in [0.5, 0.6) is 11.5 Å². The second-order valence-electron chi connectivity index (χ2n) is 10.6. The lowest BCUT2D eigenvalue weighted by molar-refractivity contribution is -0.151. The molecular weight excluding hydrogens is 524 g/mol. The van der Waals surface area contributed by atoms with Gasteiger partial charge < -0.3 is 19.3 Å². The Hall–Kier alpha value is -3.52. The van der Waals surface area contributed by atoms with Crippen LogP contribution in [0.25, 0.3) is 0 Å². The zero-order valence-corrected chi connectivity index (χ0v) is 24.4. The highest BCUT2D eigenvalue weighted by molar-refractivity contribution is 6.28. The van der Waals surface area contributed by atoms with Crippen LogP contribution in [0.1, 0.15) is 117 Å². The Balaban J connectivity index is 1.45. The van der Waals surface area contributed by atoms with Gasteiger partial charge in [0.25, 0.3) is 0 Å². The quantitative estimate of drug-likeness (QED) is 0.147. The number of benzene rings is 2. The normalized spacial score (nSPS) is 13.7. The lowest BCUT2D eigenvalue weighted by Gasteiger charge is -2.21. The molecule has 41 heavy (non-hydrogen) atoms. The fraction of sp³-hybridized carbons (Fsp3) is 0.515. The first-order chi connectivity index (χ1) is 19.7. The average molecular weight is 567 g/mol. The molecule has 2 aromatic carbocycles. The number of esters is 1. The van der Waals surface area contributed by atoms with Crippen molar-refractivity contribution in [2.75, 3.05) is 13.2 Å². The number of ether oxygens (including phenoxy) is 3. The summed E-state index contributed by atoms with van der Waals surface area (Å²) in [6.45, 7) is 5.25. The van der Waals surface area contributed by atoms with Crippen LogP contribution in [0.4, 0.5) is 0 Å². The van der Waals surface area contributed by atoms with E-state index in [0.717, 1.165) is 32.1 Å². The number of unbranched alkanes of at least 4 members (excludes halogenated alkanes) is 9. The smallest absolute Gasteiger partial charge is 0.347 e. The maximum atomic E-state index is 13.2. The number of fused-ring (bicyclic) bond motifs is 2. The topological polar surface area (TPSA) is 116 Å². The van der Waals surface area contributed by atoms with Crippen molar-refractivity contribution in [3.63, 3.8) is 0 Å². The molecular formula is C33H42O8. The van der Waals surface area contributed by atoms with Crippen LogP contribution in [0.2, 0.25) is 0 Å². The molecule has 2 unspecified atom stereocenters. The fourth-order valence-electron chi connectivity index (χ4n) is 4.71. The minimum absolute atomic E-state index is 0.148. The number of carbonyl (C=O) groups excluding carboxylic acids is 4. The van der Waals surface area contributed by atoms with Crippen molar-refractivity contribution in [3.05, 3.63) is 58.7 Å². The first kappa shape index (κ1) is 32.0. The molecule has 3 rings (SSSR count). The van der Waals surface area contributed by atoms with Gasteiger partial charge in [0.05, 0.1) is 6.61 Å². The van der Waals surface area contributed by atoms with Crippen molar-refractivity contribution < 1.29 is 38.5 Å². The van der Waals surface area contributed by atoms with Gasteiger partial charge in [-0.25, -0.2) is 4.79 Å². The summed E-state index contributed by atoms with van der Waals surface area (Å²) < 4.78 is 16.7. The highest BCUT2D eigenvalue weighted by atomic mass is 16.6. The van der Waals surface area contributed by atoms with E-state index in [-0.39, 0.29) is 46.2 Å². The van der Waals surface area contributed by atoms with E-state index in [1.54, 1.807) is 26.0 Å². The van der Waals surface area contributed by atoms with Gasteiger partial charge in [-0.05, 0) is 70.0 Å². The molecule has 0 bridgehead atoms. The Bertz CT molecular complexity index is 1220. The molecule has 1 N–H and O–H groups in total. The summed E-state index contributed by atoms with van der Waals surface area (Å²) in [5, 5.41) is 8.79. The van der Waals surface area contributed by atoms with Crippen LogP contribution in [0, 0.1) is 0 Å². The van der Waals surface area contributed by atoms with Crippen LogP contribution in [0.3, 0.4) is 0 Å². The van der Waals surface area contributed by atoms with Crippen molar-refractivity contribution in [3.8, 4) is 11.5 Å². The minimum atomic E-state index is -0.872. The molecule has 0 amide bonds. The predicted octanol–water partition coefficient (Wildman–Crippen LogP) is 6.02. The second-order valence-corrected chi connectivity index (χ2v) is 10.6. The van der Waals surface area contributed by atoms with Crippen LogP contribution >= 0.6 is 0 Å². The van der Waals surface area contributed by atoms with Crippen LogP contribution in [-0.4, -0.2) is 53.8 Å². The van der Waals surface area contributed by atoms with Crippen molar-refractivity contribution >= 4 is 23.3 Å². The Morgan fingerprint density at radius 3 is 1.56 bits per heavy atom. The third kappa shape index (κ3) is 9.25. The summed E-state index contributed by atoms with van der Waals surface area (Å²) >= 11 is 0. The third-order valence-corrected chi connectivity index (χ3v) is 7.29. The lowest BCUT2D eigenvalue weighted by atomic mass is 9.84. The van der Waals surface area contributed by atoms with Crippen LogP contribution in [0.15, 0.2) is 36.4 Å². The lowest BCUT2D eigenvalue weighted by Crippen LogP contribution is -2.27. The summed E-state index contributed by atoms with van der Waals surface area (Å²) in [4.78, 5) is 50.3. The molecule has 0 heterocycles. The van der Waals surface area contributed by atoms with Gasteiger partial charge in [-0.2, -0.15) is 0 Å². The molecule has 8 nitrogen and oxygen atoms in total. The van der Waals surface area contributed by atoms with Gasteiger partial charge >= 0.3 is 5.97 Å². The zero-order valence-electron chi connectivity index (χ0n) is 24.4. The van der Waals surface area contributed by atoms with E-state index in [0.29, 0.717) is 18.1 Å². The van der Waals surface area contributed by atoms with Gasteiger partial charge in [-0.3, -0.25) is 14.4 Å². The van der Waals surface area contributed by atoms with Crippen molar-refractivity contribution in [2.24, 2.45) is 0 Å². The summed E-state index contributed by atoms with van der Waals surface area (Å²) in [5.74, 6) is -0.653. The molecule has 8 heteroatoms. The van der Waals surface area contributed by atoms with E-state index in [4.69, 9.17) is 19.3 Å². The summed E-state index contributed by atoms with van der Waals surface area (Å²) in [5.41, 5.74) is 0.906. The van der Waals surface area contributed by atoms with Gasteiger partial charge in [0.15, 0.2) is 29.6 Å². The van der Waals surface area contributed by atoms with E-state index in [1.807, 2.05) is 0 Å². The predicted molar refractivity (Wildman–Crippen MR) is 155 cm³/mol. The first-order valence-corrected chi connectivity index (χ1v) is 14.7. The van der Waals surface area contributed by atoms with Crippen molar-refractivity contribution in [2.45, 2.75) is 97.2 Å². The van der Waals surface area contributed by atoms with Gasteiger partial charge in [0.1, 0.15) is 11.5 Å². The number of carbonyl (C=O) groups is 4. The SMILES string of the molecule is CC(=O)C(C)Oc1ccc2c(c1)C(=O)c1ccc(OC(C)C(=O)OCCCCCCCCCCCCO)cc1C2=O. The highest BCUT2D eigenvalue weighted by Crippen LogP contribution is 2.32. The maximum Gasteiger partial charge on any atom is 0.347 e. The fourth-order valence-corrected chi connectivity index (χ4v) is 4.71. The highest BCUT2D eigenvalue weighted by Gasteiger charge is 2.31. The summed E-state index contributed by atoms with van der Waals surface area (Å²) in [6.07, 6.45) is 9.37. The molecule has 0 aromatic heterocycles. The number of aliphatic hydroxyl groups is 1. The molecule has 0 spiro atoms. The van der Waals surface area contributed by atoms with E-state index >= 15 is 0 Å². The molecule has 0 saturated carbocycles. The molecule has 0 aliphatic heterocycles. The number of hydrogen-bond acceptors (Lipinski definition) is 8. The minimum Gasteiger partial charge on any atom is -0.483 e. The molecule has 1 aliphatic carbocycles. The number of rotatable bonds is 18. The molecule has 0 fully saturated rings. The standard InChI is InChI=1S/C33H42O8/c1-22(35)23(2)40-25-14-16-27-29(20-25)31(36)28-17-15-26(21-30(28)32(27)37)41-24(3)33(38)39-19-13-11-9-7-5-4-6-8-10-12-18-34/h14-17,20-21,23-24,34H,4-13,18-19H2,1-3H3. The van der Waals surface area contributed by atoms with Gasteiger partial charge in [-0.1, -0.05) is 51.4 Å². The third-order valence-electron chi connectivity index (χ3n) is 7.29. The number of hydrogen-bond donors (Lipinski definition) is 1. The Labute approximate surface area is 242 Å². The Morgan fingerprint density at radius 1 is 0.659 bits per heavy atom. The second kappa shape index (κ2) is 16.1. The summed E-state index contributed by atoms with van der Waals surface area (Å²) in [6, 6.07) is 9.14. The van der Waals surface area contributed by atoms with Gasteiger partial charge in [0.2, 0.25) is 0 Å². The molecule has 2 aromatic rings. The Morgan fingerprint density at radius 2 is 1.10 bits per heavy atom. The van der Waals surface area contributed by atoms with Crippen molar-refractivity contribution in [1.82, 2.24) is 0 Å². The number of aliphatic hydroxyl groups excluding tert-OH is 1. The van der Waals surface area contributed by atoms with E-state index in [1.165, 1.54) is 63.3 Å². The largest absolute Gasteiger partial charge is 0.483 e. The number of Topliss-reactive ketones (excluding diaryl/α,β-unsaturated/α-hetero) is 1. The van der Waals surface area contributed by atoms with E-state index < -0.39 is 18.2 Å². The zero-order chi connectivity index (χ0) is 29.8. The molecule has 2 atom stereocenters. The van der Waals surface area contributed by atoms with E-state index in [9.17, 15) is 19.2 Å². The van der Waals surface area contributed by atoms with Gasteiger partial charge in [0, 0.05) is 28.9 Å². The molecule has 0 radical (unpaired) electrons. The van der Waals surface area contributed by atoms with E-state index in [2.05, 4.69) is 0 Å². The molecule has 222 valence electrons. The average Bonchev–Trinajstić information content (AvgIpc) is 2.96. The molecule has 0 saturated heterocycles. The van der Waals surface area contributed by atoms with Crippen LogP contribution < -0.4 is 9.47 Å². The number of ketones is 3. The Kier molecular flexibility index (Phi) is 12.5. The van der Waals surface area contributed by atoms with Gasteiger partial charge in [-0.15, -0.1) is 0 Å². The van der Waals surface area contributed by atoms with Crippen molar-refractivity contribution in [1.29, 1.82) is 0 Å². The maximum absolute atomic E-state index is 13.2. The summed E-state index contributed by atoms with van der Waals surface area (Å²) in [7, 11) is 0. The monoisotopic (exact) mass is 566 g/mol. The first-order valence-electron chi connectivity index (χ1n) is 14.7. The molecule has 1 aliphatic rings.